The zero-order valence-corrected chi connectivity index (χ0v) is 12.9. The number of aliphatic carboxylic acids is 1. The van der Waals surface area contributed by atoms with Gasteiger partial charge in [-0.15, -0.1) is 0 Å². The Morgan fingerprint density at radius 1 is 1.33 bits per heavy atom. The van der Waals surface area contributed by atoms with Gasteiger partial charge in [-0.25, -0.2) is 4.79 Å². The first-order valence-electron chi connectivity index (χ1n) is 6.59. The van der Waals surface area contributed by atoms with Gasteiger partial charge in [-0.2, -0.15) is 0 Å². The van der Waals surface area contributed by atoms with E-state index in [2.05, 4.69) is 21.2 Å². The monoisotopic (exact) mass is 353 g/mol. The smallest absolute Gasteiger partial charge is 0.329 e. The molecule has 1 saturated heterocycles. The molecule has 112 valence electrons. The summed E-state index contributed by atoms with van der Waals surface area (Å²) in [5.41, 5.74) is -0.368. The van der Waals surface area contributed by atoms with Crippen molar-refractivity contribution in [3.63, 3.8) is 0 Å². The maximum Gasteiger partial charge on any atom is 0.329 e. The summed E-state index contributed by atoms with van der Waals surface area (Å²) in [5.74, 6) is -1.44. The van der Waals surface area contributed by atoms with Gasteiger partial charge in [-0.05, 0) is 23.8 Å². The standard InChI is InChI=1S/C15H16BrNO4/c16-12-3-1-2-11(10-12)4-5-13(18)17-15(14(19)20)6-8-21-9-7-15/h1-5,10H,6-9H2,(H,17,18)(H,19,20)/b5-4+. The number of ether oxygens (including phenoxy) is 1. The Balaban J connectivity index is 2.04. The predicted octanol–water partition coefficient (Wildman–Crippen LogP) is 2.21. The molecule has 1 aliphatic heterocycles. The van der Waals surface area contributed by atoms with Crippen molar-refractivity contribution < 1.29 is 19.4 Å². The van der Waals surface area contributed by atoms with E-state index in [1.807, 2.05) is 24.3 Å². The second-order valence-electron chi connectivity index (χ2n) is 4.88. The Morgan fingerprint density at radius 3 is 2.67 bits per heavy atom. The number of nitrogens with one attached hydrogen (secondary N) is 1. The largest absolute Gasteiger partial charge is 0.480 e. The number of carboxylic acids is 1. The fraction of sp³-hybridized carbons (Fsp3) is 0.333. The van der Waals surface area contributed by atoms with Crippen LogP contribution in [0.25, 0.3) is 6.08 Å². The number of benzene rings is 1. The number of hydrogen-bond donors (Lipinski definition) is 2. The molecule has 0 radical (unpaired) electrons. The normalized spacial score (nSPS) is 17.6. The third-order valence-electron chi connectivity index (χ3n) is 3.39. The third kappa shape index (κ3) is 4.15. The van der Waals surface area contributed by atoms with Crippen LogP contribution in [-0.4, -0.2) is 35.7 Å². The number of carboxylic acid groups (broad SMARTS) is 1. The van der Waals surface area contributed by atoms with E-state index in [9.17, 15) is 14.7 Å². The molecule has 1 amide bonds. The molecule has 0 aromatic heterocycles. The number of halogens is 1. The summed E-state index contributed by atoms with van der Waals surface area (Å²) >= 11 is 3.35. The molecule has 0 atom stereocenters. The van der Waals surface area contributed by atoms with Crippen molar-refractivity contribution in [2.24, 2.45) is 0 Å². The average Bonchev–Trinajstić information content (AvgIpc) is 2.46. The lowest BCUT2D eigenvalue weighted by Gasteiger charge is -2.33. The van der Waals surface area contributed by atoms with Crippen LogP contribution in [0.5, 0.6) is 0 Å². The molecule has 0 unspecified atom stereocenters. The molecule has 0 spiro atoms. The summed E-state index contributed by atoms with van der Waals surface area (Å²) in [6.07, 6.45) is 3.55. The molecule has 1 aromatic rings. The van der Waals surface area contributed by atoms with E-state index in [4.69, 9.17) is 4.74 Å². The van der Waals surface area contributed by atoms with Crippen LogP contribution in [0.1, 0.15) is 18.4 Å². The minimum atomic E-state index is -1.23. The van der Waals surface area contributed by atoms with Crippen molar-refractivity contribution >= 4 is 33.9 Å². The summed E-state index contributed by atoms with van der Waals surface area (Å²) in [4.78, 5) is 23.4. The minimum absolute atomic E-state index is 0.277. The molecule has 1 heterocycles. The Bertz CT molecular complexity index is 565. The van der Waals surface area contributed by atoms with Crippen molar-refractivity contribution in [3.05, 3.63) is 40.4 Å². The molecule has 1 aromatic carbocycles. The lowest BCUT2D eigenvalue weighted by atomic mass is 9.90. The first kappa shape index (κ1) is 15.7. The number of carbonyl (C=O) groups excluding carboxylic acids is 1. The summed E-state index contributed by atoms with van der Waals surface area (Å²) in [6, 6.07) is 7.47. The van der Waals surface area contributed by atoms with Crippen LogP contribution < -0.4 is 5.32 Å². The van der Waals surface area contributed by atoms with E-state index in [1.54, 1.807) is 6.08 Å². The Labute approximate surface area is 131 Å². The molecular weight excluding hydrogens is 338 g/mol. The number of carbonyl (C=O) groups is 2. The Kier molecular flexibility index (Phi) is 5.14. The van der Waals surface area contributed by atoms with Crippen LogP contribution in [0.3, 0.4) is 0 Å². The SMILES string of the molecule is O=C(/C=C/c1cccc(Br)c1)NC1(C(=O)O)CCOCC1. The van der Waals surface area contributed by atoms with Crippen molar-refractivity contribution in [3.8, 4) is 0 Å². The van der Waals surface area contributed by atoms with Gasteiger partial charge in [0.15, 0.2) is 0 Å². The highest BCUT2D eigenvalue weighted by Gasteiger charge is 2.41. The molecule has 2 N–H and O–H groups in total. The highest BCUT2D eigenvalue weighted by atomic mass is 79.9. The molecule has 21 heavy (non-hydrogen) atoms. The van der Waals surface area contributed by atoms with Crippen LogP contribution >= 0.6 is 15.9 Å². The quantitative estimate of drug-likeness (QED) is 0.813. The van der Waals surface area contributed by atoms with Crippen molar-refractivity contribution in [2.45, 2.75) is 18.4 Å². The van der Waals surface area contributed by atoms with Gasteiger partial charge >= 0.3 is 5.97 Å². The van der Waals surface area contributed by atoms with Crippen molar-refractivity contribution in [1.29, 1.82) is 0 Å². The Morgan fingerprint density at radius 2 is 2.05 bits per heavy atom. The van der Waals surface area contributed by atoms with Crippen molar-refractivity contribution in [2.75, 3.05) is 13.2 Å². The molecule has 0 saturated carbocycles. The number of amides is 1. The van der Waals surface area contributed by atoms with Gasteiger partial charge < -0.3 is 15.2 Å². The van der Waals surface area contributed by atoms with E-state index >= 15 is 0 Å². The zero-order valence-electron chi connectivity index (χ0n) is 11.3. The molecular formula is C15H16BrNO4. The predicted molar refractivity (Wildman–Crippen MR) is 81.7 cm³/mol. The van der Waals surface area contributed by atoms with Crippen molar-refractivity contribution in [1.82, 2.24) is 5.32 Å². The molecule has 2 rings (SSSR count). The van der Waals surface area contributed by atoms with Gasteiger partial charge in [0.2, 0.25) is 5.91 Å². The summed E-state index contributed by atoms with van der Waals surface area (Å²) < 4.78 is 6.07. The first-order chi connectivity index (χ1) is 10.0. The lowest BCUT2D eigenvalue weighted by molar-refractivity contribution is -0.151. The summed E-state index contributed by atoms with van der Waals surface area (Å²) in [7, 11) is 0. The van der Waals surface area contributed by atoms with Crippen LogP contribution in [0.2, 0.25) is 0 Å². The average molecular weight is 354 g/mol. The van der Waals surface area contributed by atoms with E-state index in [1.165, 1.54) is 6.08 Å². The molecule has 0 aliphatic carbocycles. The fourth-order valence-corrected chi connectivity index (χ4v) is 2.59. The molecule has 5 nitrogen and oxygen atoms in total. The fourth-order valence-electron chi connectivity index (χ4n) is 2.17. The topological polar surface area (TPSA) is 75.6 Å². The van der Waals surface area contributed by atoms with Gasteiger partial charge in [-0.3, -0.25) is 4.79 Å². The minimum Gasteiger partial charge on any atom is -0.480 e. The summed E-state index contributed by atoms with van der Waals surface area (Å²) in [5, 5.41) is 12.0. The molecule has 6 heteroatoms. The maximum absolute atomic E-state index is 12.0. The number of hydrogen-bond acceptors (Lipinski definition) is 3. The highest BCUT2D eigenvalue weighted by molar-refractivity contribution is 9.10. The van der Waals surface area contributed by atoms with E-state index in [0.717, 1.165) is 10.0 Å². The van der Waals surface area contributed by atoms with E-state index < -0.39 is 17.4 Å². The summed E-state index contributed by atoms with van der Waals surface area (Å²) in [6.45, 7) is 0.670. The molecule has 1 fully saturated rings. The van der Waals surface area contributed by atoms with Crippen LogP contribution in [0.15, 0.2) is 34.8 Å². The molecule has 0 bridgehead atoms. The number of rotatable bonds is 4. The van der Waals surface area contributed by atoms with Gasteiger partial charge in [0.25, 0.3) is 0 Å². The lowest BCUT2D eigenvalue weighted by Crippen LogP contribution is -2.57. The van der Waals surface area contributed by atoms with Crippen LogP contribution in [-0.2, 0) is 14.3 Å². The molecule has 1 aliphatic rings. The van der Waals surface area contributed by atoms with Crippen LogP contribution in [0.4, 0.5) is 0 Å². The van der Waals surface area contributed by atoms with E-state index in [0.29, 0.717) is 13.2 Å². The second kappa shape index (κ2) is 6.87. The van der Waals surface area contributed by atoms with Gasteiger partial charge in [-0.1, -0.05) is 28.1 Å². The van der Waals surface area contributed by atoms with Gasteiger partial charge in [0.1, 0.15) is 5.54 Å². The van der Waals surface area contributed by atoms with E-state index in [-0.39, 0.29) is 12.8 Å². The third-order valence-corrected chi connectivity index (χ3v) is 3.89. The maximum atomic E-state index is 12.0. The zero-order chi connectivity index (χ0) is 15.3. The van der Waals surface area contributed by atoms with Gasteiger partial charge in [0.05, 0.1) is 0 Å². The van der Waals surface area contributed by atoms with Crippen LogP contribution in [0, 0.1) is 0 Å². The first-order valence-corrected chi connectivity index (χ1v) is 7.38. The Hall–Kier alpha value is -1.66. The van der Waals surface area contributed by atoms with Gasteiger partial charge in [0, 0.05) is 36.6 Å². The second-order valence-corrected chi connectivity index (χ2v) is 5.79. The highest BCUT2D eigenvalue weighted by Crippen LogP contribution is 2.21.